The average Bonchev–Trinajstić information content (AvgIpc) is 2.96. The Labute approximate surface area is 111 Å². The van der Waals surface area contributed by atoms with Crippen LogP contribution in [0.2, 0.25) is 0 Å². The number of fused-ring (bicyclic) bond motifs is 1. The fraction of sp³-hybridized carbons (Fsp3) is 0.500. The van der Waals surface area contributed by atoms with Gasteiger partial charge in [-0.15, -0.1) is 0 Å². The summed E-state index contributed by atoms with van der Waals surface area (Å²) in [7, 11) is -3.64. The average molecular weight is 284 g/mol. The van der Waals surface area contributed by atoms with E-state index in [0.717, 1.165) is 22.0 Å². The third-order valence-electron chi connectivity index (χ3n) is 3.67. The number of hydrogen-bond donors (Lipinski definition) is 3. The largest absolute Gasteiger partial charge is 0.389 e. The third-order valence-corrected chi connectivity index (χ3v) is 5.50. The highest BCUT2D eigenvalue weighted by Crippen LogP contribution is 2.25. The van der Waals surface area contributed by atoms with Crippen LogP contribution in [-0.4, -0.2) is 48.2 Å². The standard InChI is InChI=1S/C12H16N2O4S/c15-11-6-14(7-12(11)16)19(17,18)10-2-1-8-4-13-5-9(8)3-10/h1-3,11-13,15-16H,4-7H2. The minimum atomic E-state index is -3.64. The maximum Gasteiger partial charge on any atom is 0.243 e. The molecule has 0 spiro atoms. The summed E-state index contributed by atoms with van der Waals surface area (Å²) in [4.78, 5) is 0.219. The minimum Gasteiger partial charge on any atom is -0.389 e. The van der Waals surface area contributed by atoms with Crippen molar-refractivity contribution in [1.82, 2.24) is 9.62 Å². The van der Waals surface area contributed by atoms with E-state index in [1.54, 1.807) is 12.1 Å². The van der Waals surface area contributed by atoms with Crippen LogP contribution in [0.25, 0.3) is 0 Å². The number of nitrogens with one attached hydrogen (secondary N) is 1. The molecule has 0 aliphatic carbocycles. The predicted molar refractivity (Wildman–Crippen MR) is 67.8 cm³/mol. The van der Waals surface area contributed by atoms with Crippen molar-refractivity contribution < 1.29 is 18.6 Å². The van der Waals surface area contributed by atoms with Gasteiger partial charge in [0.1, 0.15) is 0 Å². The maximum absolute atomic E-state index is 12.4. The number of sulfonamides is 1. The van der Waals surface area contributed by atoms with E-state index in [4.69, 9.17) is 0 Å². The molecule has 3 rings (SSSR count). The molecule has 0 aromatic heterocycles. The van der Waals surface area contributed by atoms with Gasteiger partial charge in [-0.05, 0) is 23.3 Å². The molecule has 3 N–H and O–H groups in total. The molecule has 2 atom stereocenters. The number of nitrogens with zero attached hydrogens (tertiary/aromatic N) is 1. The molecule has 2 aliphatic rings. The van der Waals surface area contributed by atoms with E-state index in [1.807, 2.05) is 6.07 Å². The molecule has 2 heterocycles. The molecule has 7 heteroatoms. The lowest BCUT2D eigenvalue weighted by Crippen LogP contribution is -2.30. The number of aliphatic hydroxyl groups excluding tert-OH is 2. The van der Waals surface area contributed by atoms with E-state index < -0.39 is 22.2 Å². The van der Waals surface area contributed by atoms with E-state index in [-0.39, 0.29) is 18.0 Å². The Morgan fingerprint density at radius 1 is 1.11 bits per heavy atom. The smallest absolute Gasteiger partial charge is 0.243 e. The Hall–Kier alpha value is -0.990. The van der Waals surface area contributed by atoms with E-state index in [9.17, 15) is 18.6 Å². The van der Waals surface area contributed by atoms with Crippen molar-refractivity contribution in [3.05, 3.63) is 29.3 Å². The molecule has 0 radical (unpaired) electrons. The second-order valence-electron chi connectivity index (χ2n) is 4.99. The van der Waals surface area contributed by atoms with Crippen LogP contribution in [0.3, 0.4) is 0 Å². The number of benzene rings is 1. The summed E-state index contributed by atoms with van der Waals surface area (Å²) in [5.74, 6) is 0. The Kier molecular flexibility index (Phi) is 3.11. The first kappa shape index (κ1) is 13.0. The molecule has 104 valence electrons. The summed E-state index contributed by atoms with van der Waals surface area (Å²) >= 11 is 0. The molecule has 1 aromatic rings. The second kappa shape index (κ2) is 4.53. The van der Waals surface area contributed by atoms with Crippen LogP contribution in [0.15, 0.2) is 23.1 Å². The van der Waals surface area contributed by atoms with Crippen molar-refractivity contribution in [3.8, 4) is 0 Å². The van der Waals surface area contributed by atoms with Crippen LogP contribution < -0.4 is 5.32 Å². The molecule has 6 nitrogen and oxygen atoms in total. The molecule has 2 aliphatic heterocycles. The summed E-state index contributed by atoms with van der Waals surface area (Å²) in [6.07, 6.45) is -2.02. The van der Waals surface area contributed by atoms with Crippen molar-refractivity contribution in [2.45, 2.75) is 30.2 Å². The van der Waals surface area contributed by atoms with Crippen molar-refractivity contribution in [3.63, 3.8) is 0 Å². The minimum absolute atomic E-state index is 0.0567. The molecule has 2 unspecified atom stereocenters. The number of β-amino-alcohol motifs (C(OH)–C–C–N with tert-alkyl or cyclic N) is 2. The molecular formula is C12H16N2O4S. The molecule has 0 saturated carbocycles. The number of aliphatic hydroxyl groups is 2. The van der Waals surface area contributed by atoms with Gasteiger partial charge < -0.3 is 15.5 Å². The van der Waals surface area contributed by atoms with Gasteiger partial charge >= 0.3 is 0 Å². The van der Waals surface area contributed by atoms with Crippen molar-refractivity contribution in [2.24, 2.45) is 0 Å². The topological polar surface area (TPSA) is 89.9 Å². The molecule has 0 bridgehead atoms. The Bertz CT molecular complexity index is 592. The van der Waals surface area contributed by atoms with E-state index >= 15 is 0 Å². The molecule has 19 heavy (non-hydrogen) atoms. The zero-order valence-corrected chi connectivity index (χ0v) is 11.1. The summed E-state index contributed by atoms with van der Waals surface area (Å²) in [6, 6.07) is 5.06. The van der Waals surface area contributed by atoms with Crippen LogP contribution in [0, 0.1) is 0 Å². The summed E-state index contributed by atoms with van der Waals surface area (Å²) in [6.45, 7) is 1.32. The highest BCUT2D eigenvalue weighted by molar-refractivity contribution is 7.89. The summed E-state index contributed by atoms with van der Waals surface area (Å²) < 4.78 is 25.9. The SMILES string of the molecule is O=S(=O)(c1ccc2c(c1)CNC2)N1CC(O)C(O)C1. The molecule has 1 aromatic carbocycles. The Balaban J connectivity index is 1.93. The highest BCUT2D eigenvalue weighted by atomic mass is 32.2. The van der Waals surface area contributed by atoms with E-state index in [0.29, 0.717) is 6.54 Å². The van der Waals surface area contributed by atoms with Crippen molar-refractivity contribution in [2.75, 3.05) is 13.1 Å². The van der Waals surface area contributed by atoms with Crippen molar-refractivity contribution in [1.29, 1.82) is 0 Å². The normalized spacial score (nSPS) is 27.7. The zero-order chi connectivity index (χ0) is 13.6. The lowest BCUT2D eigenvalue weighted by atomic mass is 10.1. The monoisotopic (exact) mass is 284 g/mol. The first-order chi connectivity index (χ1) is 8.98. The quantitative estimate of drug-likeness (QED) is 0.649. The first-order valence-corrected chi connectivity index (χ1v) is 7.61. The van der Waals surface area contributed by atoms with Gasteiger partial charge in [-0.1, -0.05) is 6.07 Å². The second-order valence-corrected chi connectivity index (χ2v) is 6.93. The van der Waals surface area contributed by atoms with Gasteiger partial charge in [0, 0.05) is 26.2 Å². The van der Waals surface area contributed by atoms with E-state index in [1.165, 1.54) is 0 Å². The van der Waals surface area contributed by atoms with Gasteiger partial charge in [-0.25, -0.2) is 8.42 Å². The lowest BCUT2D eigenvalue weighted by molar-refractivity contribution is 0.0572. The number of rotatable bonds is 2. The summed E-state index contributed by atoms with van der Waals surface area (Å²) in [5, 5.41) is 22.1. The van der Waals surface area contributed by atoms with Crippen LogP contribution in [0.1, 0.15) is 11.1 Å². The van der Waals surface area contributed by atoms with E-state index in [2.05, 4.69) is 5.32 Å². The summed E-state index contributed by atoms with van der Waals surface area (Å²) in [5.41, 5.74) is 2.10. The van der Waals surface area contributed by atoms with Gasteiger partial charge in [-0.3, -0.25) is 0 Å². The molecule has 1 fully saturated rings. The first-order valence-electron chi connectivity index (χ1n) is 6.17. The fourth-order valence-corrected chi connectivity index (χ4v) is 4.04. The van der Waals surface area contributed by atoms with Gasteiger partial charge in [-0.2, -0.15) is 4.31 Å². The van der Waals surface area contributed by atoms with Gasteiger partial charge in [0.15, 0.2) is 0 Å². The van der Waals surface area contributed by atoms with Crippen molar-refractivity contribution >= 4 is 10.0 Å². The van der Waals surface area contributed by atoms with Crippen LogP contribution >= 0.6 is 0 Å². The Morgan fingerprint density at radius 2 is 1.74 bits per heavy atom. The van der Waals surface area contributed by atoms with Crippen LogP contribution in [-0.2, 0) is 23.1 Å². The van der Waals surface area contributed by atoms with Gasteiger partial charge in [0.05, 0.1) is 17.1 Å². The molecular weight excluding hydrogens is 268 g/mol. The fourth-order valence-electron chi connectivity index (χ4n) is 2.51. The highest BCUT2D eigenvalue weighted by Gasteiger charge is 2.37. The molecule has 1 saturated heterocycles. The molecule has 0 amide bonds. The van der Waals surface area contributed by atoms with Crippen LogP contribution in [0.4, 0.5) is 0 Å². The lowest BCUT2D eigenvalue weighted by Gasteiger charge is -2.16. The number of hydrogen-bond acceptors (Lipinski definition) is 5. The zero-order valence-electron chi connectivity index (χ0n) is 10.3. The van der Waals surface area contributed by atoms with Gasteiger partial charge in [0.2, 0.25) is 10.0 Å². The maximum atomic E-state index is 12.4. The predicted octanol–water partition coefficient (Wildman–Crippen LogP) is -0.984. The van der Waals surface area contributed by atoms with Gasteiger partial charge in [0.25, 0.3) is 0 Å². The third kappa shape index (κ3) is 2.17. The van der Waals surface area contributed by atoms with Crippen LogP contribution in [0.5, 0.6) is 0 Å². The Morgan fingerprint density at radius 3 is 2.42 bits per heavy atom.